The summed E-state index contributed by atoms with van der Waals surface area (Å²) in [5.74, 6) is 0.402. The molecule has 0 atom stereocenters. The Hall–Kier alpha value is -1.11. The van der Waals surface area contributed by atoms with Crippen molar-refractivity contribution in [1.82, 2.24) is 10.2 Å². The third-order valence-electron chi connectivity index (χ3n) is 3.27. The Balaban J connectivity index is 1.70. The van der Waals surface area contributed by atoms with Gasteiger partial charge in [-0.15, -0.1) is 0 Å². The monoisotopic (exact) mass is 342 g/mol. The second-order valence-corrected chi connectivity index (χ2v) is 5.52. The van der Waals surface area contributed by atoms with E-state index in [0.29, 0.717) is 50.3 Å². The molecule has 0 aromatic heterocycles. The number of carbonyl (C=O) groups excluding carboxylic acids is 1. The van der Waals surface area contributed by atoms with E-state index in [2.05, 4.69) is 21.2 Å². The van der Waals surface area contributed by atoms with Crippen LogP contribution in [0.15, 0.2) is 22.7 Å². The van der Waals surface area contributed by atoms with Gasteiger partial charge in [0.2, 0.25) is 5.91 Å². The maximum Gasteiger partial charge on any atom is 0.224 e. The quantitative estimate of drug-likeness (QED) is 0.796. The van der Waals surface area contributed by atoms with Gasteiger partial charge in [0.1, 0.15) is 5.75 Å². The zero-order chi connectivity index (χ0) is 14.4. The SMILES string of the molecule is O=C(CCNCc1cccc(Br)c1O)N1CCOCC1. The van der Waals surface area contributed by atoms with Crippen LogP contribution in [0, 0.1) is 0 Å². The van der Waals surface area contributed by atoms with Gasteiger partial charge in [0.15, 0.2) is 0 Å². The number of amides is 1. The molecule has 1 fully saturated rings. The van der Waals surface area contributed by atoms with Crippen molar-refractivity contribution in [3.05, 3.63) is 28.2 Å². The highest BCUT2D eigenvalue weighted by Gasteiger charge is 2.15. The third kappa shape index (κ3) is 4.19. The van der Waals surface area contributed by atoms with Crippen LogP contribution in [0.5, 0.6) is 5.75 Å². The number of ether oxygens (including phenoxy) is 1. The molecule has 2 N–H and O–H groups in total. The molecule has 1 aromatic rings. The second kappa shape index (κ2) is 7.61. The number of aromatic hydroxyl groups is 1. The van der Waals surface area contributed by atoms with Gasteiger partial charge in [-0.3, -0.25) is 4.79 Å². The molecule has 1 amide bonds. The number of morpholine rings is 1. The lowest BCUT2D eigenvalue weighted by atomic mass is 10.2. The van der Waals surface area contributed by atoms with E-state index in [1.807, 2.05) is 17.0 Å². The maximum absolute atomic E-state index is 11.9. The molecule has 6 heteroatoms. The molecule has 1 aliphatic heterocycles. The Morgan fingerprint density at radius 3 is 2.90 bits per heavy atom. The number of phenolic OH excluding ortho intramolecular Hbond substituents is 1. The normalized spacial score (nSPS) is 15.3. The van der Waals surface area contributed by atoms with Crippen molar-refractivity contribution >= 4 is 21.8 Å². The molecule has 0 saturated carbocycles. The molecule has 1 heterocycles. The number of halogens is 1. The highest BCUT2D eigenvalue weighted by atomic mass is 79.9. The summed E-state index contributed by atoms with van der Waals surface area (Å²) in [4.78, 5) is 13.7. The lowest BCUT2D eigenvalue weighted by Gasteiger charge is -2.26. The highest BCUT2D eigenvalue weighted by molar-refractivity contribution is 9.10. The first kappa shape index (κ1) is 15.3. The number of nitrogens with one attached hydrogen (secondary N) is 1. The zero-order valence-corrected chi connectivity index (χ0v) is 12.9. The van der Waals surface area contributed by atoms with Crippen LogP contribution in [0.3, 0.4) is 0 Å². The summed E-state index contributed by atoms with van der Waals surface area (Å²) in [5.41, 5.74) is 0.818. The van der Waals surface area contributed by atoms with E-state index in [0.717, 1.165) is 5.56 Å². The fourth-order valence-electron chi connectivity index (χ4n) is 2.09. The second-order valence-electron chi connectivity index (χ2n) is 4.67. The maximum atomic E-state index is 11.9. The molecule has 5 nitrogen and oxygen atoms in total. The van der Waals surface area contributed by atoms with Crippen LogP contribution < -0.4 is 5.32 Å². The standard InChI is InChI=1S/C14H19BrN2O3/c15-12-3-1-2-11(14(12)19)10-16-5-4-13(18)17-6-8-20-9-7-17/h1-3,16,19H,4-10H2. The number of nitrogens with zero attached hydrogens (tertiary/aromatic N) is 1. The van der Waals surface area contributed by atoms with Crippen LogP contribution in [0.2, 0.25) is 0 Å². The summed E-state index contributed by atoms with van der Waals surface area (Å²) in [6.07, 6.45) is 0.467. The molecular weight excluding hydrogens is 324 g/mol. The highest BCUT2D eigenvalue weighted by Crippen LogP contribution is 2.27. The molecular formula is C14H19BrN2O3. The van der Waals surface area contributed by atoms with Gasteiger partial charge in [0.25, 0.3) is 0 Å². The Kier molecular flexibility index (Phi) is 5.82. The Bertz CT molecular complexity index is 462. The van der Waals surface area contributed by atoms with Gasteiger partial charge in [0.05, 0.1) is 17.7 Å². The Morgan fingerprint density at radius 2 is 2.15 bits per heavy atom. The number of benzene rings is 1. The first-order chi connectivity index (χ1) is 9.68. The Morgan fingerprint density at radius 1 is 1.40 bits per heavy atom. The number of hydrogen-bond acceptors (Lipinski definition) is 4. The van der Waals surface area contributed by atoms with E-state index in [4.69, 9.17) is 4.74 Å². The molecule has 110 valence electrons. The summed E-state index contributed by atoms with van der Waals surface area (Å²) >= 11 is 3.28. The number of rotatable bonds is 5. The van der Waals surface area contributed by atoms with E-state index in [9.17, 15) is 9.90 Å². The van der Waals surface area contributed by atoms with Crippen LogP contribution in [-0.2, 0) is 16.1 Å². The molecule has 2 rings (SSSR count). The van der Waals surface area contributed by atoms with Gasteiger partial charge in [0, 0.05) is 38.2 Å². The molecule has 1 saturated heterocycles. The first-order valence-corrected chi connectivity index (χ1v) is 7.50. The lowest BCUT2D eigenvalue weighted by Crippen LogP contribution is -2.41. The van der Waals surface area contributed by atoms with Crippen LogP contribution in [0.4, 0.5) is 0 Å². The van der Waals surface area contributed by atoms with E-state index in [1.165, 1.54) is 0 Å². The molecule has 20 heavy (non-hydrogen) atoms. The summed E-state index contributed by atoms with van der Waals surface area (Å²) < 4.78 is 5.90. The summed E-state index contributed by atoms with van der Waals surface area (Å²) in [5, 5.41) is 13.0. The van der Waals surface area contributed by atoms with Crippen LogP contribution in [0.25, 0.3) is 0 Å². The molecule has 0 spiro atoms. The Labute approximate surface area is 127 Å². The van der Waals surface area contributed by atoms with Gasteiger partial charge in [-0.25, -0.2) is 0 Å². The third-order valence-corrected chi connectivity index (χ3v) is 3.91. The molecule has 0 radical (unpaired) electrons. The zero-order valence-electron chi connectivity index (χ0n) is 11.3. The molecule has 1 aromatic carbocycles. The van der Waals surface area contributed by atoms with Crippen molar-refractivity contribution in [3.63, 3.8) is 0 Å². The first-order valence-electron chi connectivity index (χ1n) is 6.71. The average Bonchev–Trinajstić information content (AvgIpc) is 2.48. The van der Waals surface area contributed by atoms with Crippen molar-refractivity contribution in [2.75, 3.05) is 32.8 Å². The smallest absolute Gasteiger partial charge is 0.224 e. The topological polar surface area (TPSA) is 61.8 Å². The van der Waals surface area contributed by atoms with Crippen molar-refractivity contribution in [3.8, 4) is 5.75 Å². The largest absolute Gasteiger partial charge is 0.506 e. The predicted octanol–water partition coefficient (Wildman–Crippen LogP) is 1.49. The number of phenols is 1. The molecule has 0 unspecified atom stereocenters. The lowest BCUT2D eigenvalue weighted by molar-refractivity contribution is -0.135. The number of para-hydroxylation sites is 1. The van der Waals surface area contributed by atoms with E-state index in [1.54, 1.807) is 6.07 Å². The summed E-state index contributed by atoms with van der Waals surface area (Å²) in [7, 11) is 0. The van der Waals surface area contributed by atoms with Gasteiger partial charge in [-0.2, -0.15) is 0 Å². The predicted molar refractivity (Wildman–Crippen MR) is 79.5 cm³/mol. The van der Waals surface area contributed by atoms with Crippen LogP contribution in [0.1, 0.15) is 12.0 Å². The fourth-order valence-corrected chi connectivity index (χ4v) is 2.50. The van der Waals surface area contributed by atoms with E-state index < -0.39 is 0 Å². The fraction of sp³-hybridized carbons (Fsp3) is 0.500. The average molecular weight is 343 g/mol. The van der Waals surface area contributed by atoms with Crippen molar-refractivity contribution < 1.29 is 14.6 Å². The summed E-state index contributed by atoms with van der Waals surface area (Å²) in [6.45, 7) is 3.77. The van der Waals surface area contributed by atoms with Gasteiger partial charge >= 0.3 is 0 Å². The van der Waals surface area contributed by atoms with Gasteiger partial charge in [-0.05, 0) is 22.0 Å². The van der Waals surface area contributed by atoms with Crippen LogP contribution >= 0.6 is 15.9 Å². The minimum atomic E-state index is 0.152. The summed E-state index contributed by atoms with van der Waals surface area (Å²) in [6, 6.07) is 5.53. The minimum absolute atomic E-state index is 0.152. The van der Waals surface area contributed by atoms with E-state index >= 15 is 0 Å². The van der Waals surface area contributed by atoms with Gasteiger partial charge < -0.3 is 20.1 Å². The molecule has 1 aliphatic rings. The van der Waals surface area contributed by atoms with Crippen LogP contribution in [-0.4, -0.2) is 48.8 Å². The van der Waals surface area contributed by atoms with Crippen molar-refractivity contribution in [2.45, 2.75) is 13.0 Å². The van der Waals surface area contributed by atoms with Crippen molar-refractivity contribution in [1.29, 1.82) is 0 Å². The minimum Gasteiger partial charge on any atom is -0.506 e. The van der Waals surface area contributed by atoms with E-state index in [-0.39, 0.29) is 11.7 Å². The number of carbonyl (C=O) groups is 1. The molecule has 0 aliphatic carbocycles. The van der Waals surface area contributed by atoms with Crippen molar-refractivity contribution in [2.24, 2.45) is 0 Å². The number of hydrogen-bond donors (Lipinski definition) is 2. The molecule has 0 bridgehead atoms. The van der Waals surface area contributed by atoms with Gasteiger partial charge in [-0.1, -0.05) is 12.1 Å².